The van der Waals surface area contributed by atoms with E-state index in [2.05, 4.69) is 15.7 Å². The number of anilines is 2. The highest BCUT2D eigenvalue weighted by atomic mass is 19.2. The molecule has 0 spiro atoms. The lowest BCUT2D eigenvalue weighted by Crippen LogP contribution is -2.36. The van der Waals surface area contributed by atoms with E-state index in [1.807, 2.05) is 0 Å². The van der Waals surface area contributed by atoms with Gasteiger partial charge in [-0.2, -0.15) is 5.10 Å². The van der Waals surface area contributed by atoms with E-state index < -0.39 is 41.0 Å². The van der Waals surface area contributed by atoms with Gasteiger partial charge < -0.3 is 15.4 Å². The molecule has 0 saturated carbocycles. The minimum Gasteiger partial charge on any atom is -0.496 e. The number of carbonyl (C=O) groups excluding carboxylic acids is 2. The van der Waals surface area contributed by atoms with Gasteiger partial charge in [-0.3, -0.25) is 9.59 Å². The molecule has 0 bridgehead atoms. The molecule has 30 heavy (non-hydrogen) atoms. The number of carbonyl (C=O) groups is 2. The van der Waals surface area contributed by atoms with Gasteiger partial charge in [-0.25, -0.2) is 17.9 Å². The number of amides is 2. The monoisotopic (exact) mass is 416 g/mol. The molecule has 1 atom stereocenters. The summed E-state index contributed by atoms with van der Waals surface area (Å²) in [7, 11) is 1.50. The SMILES string of the molecule is COc1ccccc1-c1cnn2c1NC(=O)C[C@H]2C(=O)Nc1ccc(F)c(F)c1F. The molecule has 2 N–H and O–H groups in total. The van der Waals surface area contributed by atoms with E-state index in [1.165, 1.54) is 18.0 Å². The molecule has 2 amide bonds. The lowest BCUT2D eigenvalue weighted by Gasteiger charge is -2.25. The second-order valence-corrected chi connectivity index (χ2v) is 6.53. The van der Waals surface area contributed by atoms with E-state index in [-0.39, 0.29) is 12.2 Å². The van der Waals surface area contributed by atoms with Crippen LogP contribution in [0.5, 0.6) is 5.75 Å². The van der Waals surface area contributed by atoms with E-state index in [9.17, 15) is 22.8 Å². The molecule has 0 aliphatic carbocycles. The topological polar surface area (TPSA) is 85.2 Å². The number of hydrogen-bond donors (Lipinski definition) is 2. The molecular formula is C20H15F3N4O3. The van der Waals surface area contributed by atoms with Crippen LogP contribution >= 0.6 is 0 Å². The maximum Gasteiger partial charge on any atom is 0.249 e. The maximum absolute atomic E-state index is 13.9. The summed E-state index contributed by atoms with van der Waals surface area (Å²) >= 11 is 0. The number of fused-ring (bicyclic) bond motifs is 1. The van der Waals surface area contributed by atoms with E-state index in [1.54, 1.807) is 24.3 Å². The summed E-state index contributed by atoms with van der Waals surface area (Å²) in [5, 5.41) is 9.07. The first-order chi connectivity index (χ1) is 14.4. The van der Waals surface area contributed by atoms with Crippen LogP contribution in [-0.2, 0) is 9.59 Å². The van der Waals surface area contributed by atoms with E-state index >= 15 is 0 Å². The average molecular weight is 416 g/mol. The normalized spacial score (nSPS) is 15.3. The van der Waals surface area contributed by atoms with Gasteiger partial charge >= 0.3 is 0 Å². The van der Waals surface area contributed by atoms with Gasteiger partial charge in [-0.1, -0.05) is 18.2 Å². The lowest BCUT2D eigenvalue weighted by molar-refractivity contribution is -0.125. The molecule has 7 nitrogen and oxygen atoms in total. The smallest absolute Gasteiger partial charge is 0.249 e. The quantitative estimate of drug-likeness (QED) is 0.638. The summed E-state index contributed by atoms with van der Waals surface area (Å²) in [6.07, 6.45) is 1.20. The van der Waals surface area contributed by atoms with Crippen LogP contribution in [0.1, 0.15) is 12.5 Å². The number of hydrogen-bond acceptors (Lipinski definition) is 4. The van der Waals surface area contributed by atoms with Crippen LogP contribution in [0, 0.1) is 17.5 Å². The maximum atomic E-state index is 13.9. The second kappa shape index (κ2) is 7.54. The fourth-order valence-electron chi connectivity index (χ4n) is 3.27. The predicted octanol–water partition coefficient (Wildman–Crippen LogP) is 3.50. The van der Waals surface area contributed by atoms with Crippen molar-refractivity contribution in [2.75, 3.05) is 17.7 Å². The standard InChI is InChI=1S/C20H15F3N4O3/c1-30-15-5-3-2-4-10(15)11-9-24-27-14(8-16(28)26-19(11)27)20(29)25-13-7-6-12(21)17(22)18(13)23/h2-7,9,14H,8H2,1H3,(H,25,29)(H,26,28)/t14-/m0/s1. The fourth-order valence-corrected chi connectivity index (χ4v) is 3.27. The Hall–Kier alpha value is -3.82. The molecule has 0 radical (unpaired) electrons. The van der Waals surface area contributed by atoms with Gasteiger partial charge in [-0.15, -0.1) is 0 Å². The highest BCUT2D eigenvalue weighted by molar-refractivity contribution is 6.03. The van der Waals surface area contributed by atoms with Crippen LogP contribution in [-0.4, -0.2) is 28.7 Å². The van der Waals surface area contributed by atoms with Gasteiger partial charge in [0.15, 0.2) is 17.5 Å². The number of nitrogens with zero attached hydrogens (tertiary/aromatic N) is 2. The summed E-state index contributed by atoms with van der Waals surface area (Å²) in [4.78, 5) is 25.0. The number of ether oxygens (including phenoxy) is 1. The van der Waals surface area contributed by atoms with Gasteiger partial charge in [-0.05, 0) is 18.2 Å². The van der Waals surface area contributed by atoms with Crippen LogP contribution in [0.15, 0.2) is 42.6 Å². The molecule has 1 aliphatic heterocycles. The van der Waals surface area contributed by atoms with Gasteiger partial charge in [0.1, 0.15) is 17.6 Å². The van der Waals surface area contributed by atoms with Crippen molar-refractivity contribution in [3.05, 3.63) is 60.0 Å². The highest BCUT2D eigenvalue weighted by Crippen LogP contribution is 2.38. The molecule has 4 rings (SSSR count). The van der Waals surface area contributed by atoms with Crippen LogP contribution in [0.3, 0.4) is 0 Å². The number of aromatic nitrogens is 2. The molecule has 10 heteroatoms. The van der Waals surface area contributed by atoms with Crippen molar-refractivity contribution in [3.8, 4) is 16.9 Å². The minimum atomic E-state index is -1.70. The Morgan fingerprint density at radius 1 is 1.17 bits per heavy atom. The van der Waals surface area contributed by atoms with Gasteiger partial charge in [0.2, 0.25) is 11.8 Å². The number of rotatable bonds is 4. The predicted molar refractivity (Wildman–Crippen MR) is 101 cm³/mol. The molecule has 3 aromatic rings. The highest BCUT2D eigenvalue weighted by Gasteiger charge is 2.34. The van der Waals surface area contributed by atoms with Gasteiger partial charge in [0.05, 0.1) is 25.4 Å². The minimum absolute atomic E-state index is 0.265. The third kappa shape index (κ3) is 3.25. The summed E-state index contributed by atoms with van der Waals surface area (Å²) in [6.45, 7) is 0. The molecule has 154 valence electrons. The molecule has 1 aliphatic rings. The second-order valence-electron chi connectivity index (χ2n) is 6.53. The first-order valence-electron chi connectivity index (χ1n) is 8.85. The van der Waals surface area contributed by atoms with Crippen molar-refractivity contribution >= 4 is 23.3 Å². The van der Waals surface area contributed by atoms with E-state index in [4.69, 9.17) is 4.74 Å². The Morgan fingerprint density at radius 3 is 2.70 bits per heavy atom. The first-order valence-corrected chi connectivity index (χ1v) is 8.85. The van der Waals surface area contributed by atoms with Gasteiger partial charge in [0.25, 0.3) is 0 Å². The molecular weight excluding hydrogens is 401 g/mol. The van der Waals surface area contributed by atoms with Crippen molar-refractivity contribution < 1.29 is 27.5 Å². The van der Waals surface area contributed by atoms with E-state index in [0.29, 0.717) is 22.9 Å². The number of para-hydroxylation sites is 1. The van der Waals surface area contributed by atoms with Gasteiger partial charge in [0, 0.05) is 11.1 Å². The summed E-state index contributed by atoms with van der Waals surface area (Å²) in [6, 6.07) is 7.54. The molecule has 1 aromatic heterocycles. The number of halogens is 3. The van der Waals surface area contributed by atoms with E-state index in [0.717, 1.165) is 6.07 Å². The molecule has 2 aromatic carbocycles. The number of methoxy groups -OCH3 is 1. The van der Waals surface area contributed by atoms with Crippen molar-refractivity contribution in [2.24, 2.45) is 0 Å². The Balaban J connectivity index is 1.70. The molecule has 0 unspecified atom stereocenters. The number of nitrogens with one attached hydrogen (secondary N) is 2. The Labute approximate surface area is 168 Å². The molecule has 2 heterocycles. The lowest BCUT2D eigenvalue weighted by atomic mass is 10.1. The largest absolute Gasteiger partial charge is 0.496 e. The van der Waals surface area contributed by atoms with Crippen molar-refractivity contribution in [2.45, 2.75) is 12.5 Å². The zero-order chi connectivity index (χ0) is 21.4. The van der Waals surface area contributed by atoms with Crippen molar-refractivity contribution in [3.63, 3.8) is 0 Å². The zero-order valence-corrected chi connectivity index (χ0v) is 15.6. The van der Waals surface area contributed by atoms with Crippen LogP contribution in [0.2, 0.25) is 0 Å². The molecule has 0 fully saturated rings. The zero-order valence-electron chi connectivity index (χ0n) is 15.6. The first kappa shape index (κ1) is 19.5. The average Bonchev–Trinajstić information content (AvgIpc) is 3.16. The van der Waals surface area contributed by atoms with Crippen LogP contribution in [0.4, 0.5) is 24.7 Å². The van der Waals surface area contributed by atoms with Crippen molar-refractivity contribution in [1.82, 2.24) is 9.78 Å². The third-order valence-electron chi connectivity index (χ3n) is 4.72. The van der Waals surface area contributed by atoms with Crippen LogP contribution < -0.4 is 15.4 Å². The summed E-state index contributed by atoms with van der Waals surface area (Å²) in [5.74, 6) is -5.06. The fraction of sp³-hybridized carbons (Fsp3) is 0.150. The number of benzene rings is 2. The van der Waals surface area contributed by atoms with Crippen molar-refractivity contribution in [1.29, 1.82) is 0 Å². The summed E-state index contributed by atoms with van der Waals surface area (Å²) < 4.78 is 47.1. The Kier molecular flexibility index (Phi) is 4.90. The Morgan fingerprint density at radius 2 is 1.93 bits per heavy atom. The Bertz CT molecular complexity index is 1160. The molecule has 0 saturated heterocycles. The summed E-state index contributed by atoms with van der Waals surface area (Å²) in [5.41, 5.74) is 0.634. The third-order valence-corrected chi connectivity index (χ3v) is 4.72. The van der Waals surface area contributed by atoms with Crippen LogP contribution in [0.25, 0.3) is 11.1 Å².